The Morgan fingerprint density at radius 1 is 0.886 bits per heavy atom. The minimum absolute atomic E-state index is 0.0390. The molecule has 0 aliphatic heterocycles. The first-order valence-electron chi connectivity index (χ1n) is 12.1. The Morgan fingerprint density at radius 3 is 2.26 bits per heavy atom. The van der Waals surface area contributed by atoms with Crippen LogP contribution in [0.25, 0.3) is 0 Å². The first kappa shape index (κ1) is 26.0. The second kappa shape index (κ2) is 12.2. The van der Waals surface area contributed by atoms with Gasteiger partial charge in [0, 0.05) is 19.0 Å². The number of amides is 2. The molecule has 3 aromatic carbocycles. The standard InChI is InChI=1S/C30H36N2O3/c1-21(2)31-30(34)27(18-25-13-7-6-8-14-25)32(19-26-15-9-11-22(3)17-26)29(33)20-35-28-16-10-12-23(4)24(28)5/h6-17,21,27H,18-20H2,1-5H3,(H,31,34)/t27-/m1/s1. The minimum atomic E-state index is -0.671. The molecule has 0 heterocycles. The molecule has 0 saturated carbocycles. The molecule has 0 fully saturated rings. The molecule has 184 valence electrons. The summed E-state index contributed by atoms with van der Waals surface area (Å²) >= 11 is 0. The summed E-state index contributed by atoms with van der Waals surface area (Å²) in [5.74, 6) is 0.281. The van der Waals surface area contributed by atoms with E-state index in [9.17, 15) is 9.59 Å². The molecule has 0 radical (unpaired) electrons. The summed E-state index contributed by atoms with van der Waals surface area (Å²) in [6.07, 6.45) is 0.417. The summed E-state index contributed by atoms with van der Waals surface area (Å²) in [6.45, 7) is 10.0. The van der Waals surface area contributed by atoms with Crippen molar-refractivity contribution in [1.82, 2.24) is 10.2 Å². The van der Waals surface area contributed by atoms with Crippen molar-refractivity contribution in [3.8, 4) is 5.75 Å². The second-order valence-corrected chi connectivity index (χ2v) is 9.37. The van der Waals surface area contributed by atoms with Crippen LogP contribution in [0.5, 0.6) is 5.75 Å². The summed E-state index contributed by atoms with van der Waals surface area (Å²) in [7, 11) is 0. The van der Waals surface area contributed by atoms with Crippen LogP contribution in [0.2, 0.25) is 0 Å². The fourth-order valence-electron chi connectivity index (χ4n) is 4.04. The third-order valence-corrected chi connectivity index (χ3v) is 6.04. The number of rotatable bonds is 10. The molecule has 3 rings (SSSR count). The van der Waals surface area contributed by atoms with E-state index in [2.05, 4.69) is 5.32 Å². The fraction of sp³-hybridized carbons (Fsp3) is 0.333. The third-order valence-electron chi connectivity index (χ3n) is 6.04. The zero-order valence-corrected chi connectivity index (χ0v) is 21.4. The smallest absolute Gasteiger partial charge is 0.261 e. The van der Waals surface area contributed by atoms with E-state index in [-0.39, 0.29) is 24.5 Å². The van der Waals surface area contributed by atoms with Gasteiger partial charge in [-0.3, -0.25) is 9.59 Å². The Morgan fingerprint density at radius 2 is 1.57 bits per heavy atom. The van der Waals surface area contributed by atoms with Gasteiger partial charge in [-0.05, 0) is 62.9 Å². The Balaban J connectivity index is 1.93. The normalized spacial score (nSPS) is 11.7. The Labute approximate surface area is 209 Å². The number of carbonyl (C=O) groups excluding carboxylic acids is 2. The van der Waals surface area contributed by atoms with Gasteiger partial charge in [-0.15, -0.1) is 0 Å². The third kappa shape index (κ3) is 7.44. The first-order valence-corrected chi connectivity index (χ1v) is 12.1. The first-order chi connectivity index (χ1) is 16.7. The number of nitrogens with one attached hydrogen (secondary N) is 1. The Hall–Kier alpha value is -3.60. The highest BCUT2D eigenvalue weighted by Crippen LogP contribution is 2.21. The van der Waals surface area contributed by atoms with Gasteiger partial charge in [-0.1, -0.05) is 72.3 Å². The van der Waals surface area contributed by atoms with Crippen molar-refractivity contribution in [3.05, 3.63) is 101 Å². The van der Waals surface area contributed by atoms with Gasteiger partial charge in [-0.25, -0.2) is 0 Å². The van der Waals surface area contributed by atoms with Crippen molar-refractivity contribution in [2.24, 2.45) is 0 Å². The Bertz CT molecular complexity index is 1140. The molecule has 5 heteroatoms. The molecule has 0 bridgehead atoms. The van der Waals surface area contributed by atoms with Crippen molar-refractivity contribution in [2.75, 3.05) is 6.61 Å². The van der Waals surface area contributed by atoms with Crippen molar-refractivity contribution >= 4 is 11.8 Å². The van der Waals surface area contributed by atoms with Crippen LogP contribution in [-0.2, 0) is 22.6 Å². The summed E-state index contributed by atoms with van der Waals surface area (Å²) in [5, 5.41) is 3.01. The van der Waals surface area contributed by atoms with Gasteiger partial charge in [0.25, 0.3) is 5.91 Å². The topological polar surface area (TPSA) is 58.6 Å². The van der Waals surface area contributed by atoms with E-state index < -0.39 is 6.04 Å². The lowest BCUT2D eigenvalue weighted by atomic mass is 10.0. The molecule has 2 amide bonds. The van der Waals surface area contributed by atoms with E-state index in [0.29, 0.717) is 18.7 Å². The van der Waals surface area contributed by atoms with Crippen molar-refractivity contribution in [3.63, 3.8) is 0 Å². The number of ether oxygens (including phenoxy) is 1. The highest BCUT2D eigenvalue weighted by Gasteiger charge is 2.31. The van der Waals surface area contributed by atoms with Crippen molar-refractivity contribution < 1.29 is 14.3 Å². The monoisotopic (exact) mass is 472 g/mol. The molecular formula is C30H36N2O3. The molecule has 0 aliphatic carbocycles. The lowest BCUT2D eigenvalue weighted by Gasteiger charge is -2.32. The molecule has 3 aromatic rings. The molecule has 35 heavy (non-hydrogen) atoms. The number of hydrogen-bond donors (Lipinski definition) is 1. The van der Waals surface area contributed by atoms with Crippen LogP contribution < -0.4 is 10.1 Å². The highest BCUT2D eigenvalue weighted by atomic mass is 16.5. The van der Waals surface area contributed by atoms with E-state index in [4.69, 9.17) is 4.74 Å². The van der Waals surface area contributed by atoms with Crippen LogP contribution in [0.15, 0.2) is 72.8 Å². The molecule has 0 spiro atoms. The van der Waals surface area contributed by atoms with Crippen molar-refractivity contribution in [2.45, 2.75) is 59.7 Å². The molecule has 0 aliphatic rings. The Kier molecular flexibility index (Phi) is 9.07. The maximum Gasteiger partial charge on any atom is 0.261 e. The molecule has 5 nitrogen and oxygen atoms in total. The van der Waals surface area contributed by atoms with E-state index in [1.807, 2.05) is 107 Å². The van der Waals surface area contributed by atoms with Crippen LogP contribution in [0.3, 0.4) is 0 Å². The van der Waals surface area contributed by atoms with Crippen LogP contribution in [0, 0.1) is 20.8 Å². The summed E-state index contributed by atoms with van der Waals surface area (Å²) in [4.78, 5) is 28.7. The SMILES string of the molecule is Cc1cccc(CN(C(=O)COc2cccc(C)c2C)[C@H](Cc2ccccc2)C(=O)NC(C)C)c1. The van der Waals surface area contributed by atoms with E-state index in [1.165, 1.54) is 0 Å². The number of aryl methyl sites for hydroxylation is 2. The van der Waals surface area contributed by atoms with Crippen LogP contribution >= 0.6 is 0 Å². The fourth-order valence-corrected chi connectivity index (χ4v) is 4.04. The summed E-state index contributed by atoms with van der Waals surface area (Å²) in [6, 6.07) is 22.9. The number of benzene rings is 3. The lowest BCUT2D eigenvalue weighted by molar-refractivity contribution is -0.143. The molecular weight excluding hydrogens is 436 g/mol. The van der Waals surface area contributed by atoms with Gasteiger partial charge < -0.3 is 15.0 Å². The second-order valence-electron chi connectivity index (χ2n) is 9.37. The van der Waals surface area contributed by atoms with Gasteiger partial charge in [0.1, 0.15) is 11.8 Å². The van der Waals surface area contributed by atoms with Crippen LogP contribution in [-0.4, -0.2) is 35.4 Å². The van der Waals surface area contributed by atoms with Crippen molar-refractivity contribution in [1.29, 1.82) is 0 Å². The molecule has 1 atom stereocenters. The molecule has 1 N–H and O–H groups in total. The zero-order valence-electron chi connectivity index (χ0n) is 21.4. The van der Waals surface area contributed by atoms with Gasteiger partial charge >= 0.3 is 0 Å². The zero-order chi connectivity index (χ0) is 25.4. The van der Waals surface area contributed by atoms with Gasteiger partial charge in [0.2, 0.25) is 5.91 Å². The average Bonchev–Trinajstić information content (AvgIpc) is 2.82. The van der Waals surface area contributed by atoms with Gasteiger partial charge in [0.15, 0.2) is 6.61 Å². The predicted octanol–water partition coefficient (Wildman–Crippen LogP) is 5.16. The maximum absolute atomic E-state index is 13.6. The molecule has 0 saturated heterocycles. The highest BCUT2D eigenvalue weighted by molar-refractivity contribution is 5.88. The number of carbonyl (C=O) groups is 2. The number of nitrogens with zero attached hydrogens (tertiary/aromatic N) is 1. The maximum atomic E-state index is 13.6. The van der Waals surface area contributed by atoms with E-state index >= 15 is 0 Å². The average molecular weight is 473 g/mol. The summed E-state index contributed by atoms with van der Waals surface area (Å²) < 4.78 is 5.96. The molecule has 0 aromatic heterocycles. The largest absolute Gasteiger partial charge is 0.483 e. The lowest BCUT2D eigenvalue weighted by Crippen LogP contribution is -2.52. The van der Waals surface area contributed by atoms with Gasteiger partial charge in [-0.2, -0.15) is 0 Å². The van der Waals surface area contributed by atoms with Crippen LogP contribution in [0.4, 0.5) is 0 Å². The van der Waals surface area contributed by atoms with E-state index in [1.54, 1.807) is 4.90 Å². The predicted molar refractivity (Wildman–Crippen MR) is 140 cm³/mol. The molecule has 0 unspecified atom stereocenters. The van der Waals surface area contributed by atoms with Gasteiger partial charge in [0.05, 0.1) is 0 Å². The minimum Gasteiger partial charge on any atom is -0.483 e. The quantitative estimate of drug-likeness (QED) is 0.444. The summed E-state index contributed by atoms with van der Waals surface area (Å²) in [5.41, 5.74) is 5.18. The van der Waals surface area contributed by atoms with Crippen LogP contribution in [0.1, 0.15) is 41.7 Å². The number of hydrogen-bond acceptors (Lipinski definition) is 3. The van der Waals surface area contributed by atoms with E-state index in [0.717, 1.165) is 27.8 Å².